The van der Waals surface area contributed by atoms with Gasteiger partial charge in [-0.25, -0.2) is 0 Å². The normalized spacial score (nSPS) is 11.0. The molecule has 0 bridgehead atoms. The lowest BCUT2D eigenvalue weighted by molar-refractivity contribution is -0.274. The van der Waals surface area contributed by atoms with Crippen LogP contribution in [0.1, 0.15) is 5.56 Å². The molecule has 23 heavy (non-hydrogen) atoms. The van der Waals surface area contributed by atoms with E-state index in [2.05, 4.69) is 15.4 Å². The van der Waals surface area contributed by atoms with Gasteiger partial charge in [0.2, 0.25) is 0 Å². The minimum atomic E-state index is -4.71. The highest BCUT2D eigenvalue weighted by molar-refractivity contribution is 7.80. The molecule has 0 unspecified atom stereocenters. The molecule has 2 rings (SSSR count). The second-order valence-corrected chi connectivity index (χ2v) is 5.45. The molecular weight excluding hydrogens is 349 g/mol. The van der Waals surface area contributed by atoms with Crippen LogP contribution in [0.5, 0.6) is 5.75 Å². The minimum absolute atomic E-state index is 0.264. The highest BCUT2D eigenvalue weighted by atomic mass is 35.5. The second kappa shape index (κ2) is 7.06. The molecule has 0 saturated heterocycles. The van der Waals surface area contributed by atoms with Crippen LogP contribution in [0.15, 0.2) is 42.5 Å². The van der Waals surface area contributed by atoms with Crippen molar-refractivity contribution in [3.63, 3.8) is 0 Å². The number of hydrogen-bond donors (Lipinski definition) is 2. The van der Waals surface area contributed by atoms with Crippen molar-refractivity contribution in [2.24, 2.45) is 0 Å². The summed E-state index contributed by atoms with van der Waals surface area (Å²) in [6.07, 6.45) is -4.71. The molecule has 2 N–H and O–H groups in total. The number of halogens is 4. The number of anilines is 2. The van der Waals surface area contributed by atoms with E-state index >= 15 is 0 Å². The molecule has 8 heteroatoms. The number of alkyl halides is 3. The molecule has 0 amide bonds. The van der Waals surface area contributed by atoms with Crippen molar-refractivity contribution in [3.05, 3.63) is 53.1 Å². The van der Waals surface area contributed by atoms with E-state index in [4.69, 9.17) is 23.8 Å². The maximum absolute atomic E-state index is 12.1. The van der Waals surface area contributed by atoms with E-state index in [0.29, 0.717) is 16.4 Å². The number of benzene rings is 2. The number of thiocarbonyl (C=S) groups is 1. The summed E-state index contributed by atoms with van der Waals surface area (Å²) in [5.41, 5.74) is 2.16. The van der Waals surface area contributed by atoms with E-state index in [9.17, 15) is 13.2 Å². The Morgan fingerprint density at radius 3 is 2.30 bits per heavy atom. The maximum Gasteiger partial charge on any atom is 0.573 e. The van der Waals surface area contributed by atoms with Crippen LogP contribution >= 0.6 is 23.8 Å². The van der Waals surface area contributed by atoms with Crippen LogP contribution in [0.4, 0.5) is 24.5 Å². The maximum atomic E-state index is 12.1. The Kier molecular flexibility index (Phi) is 5.33. The summed E-state index contributed by atoms with van der Waals surface area (Å²) in [5.74, 6) is -0.302. The third-order valence-electron chi connectivity index (χ3n) is 2.72. The molecular formula is C15H12ClF3N2OS. The zero-order valence-electron chi connectivity index (χ0n) is 11.9. The van der Waals surface area contributed by atoms with Gasteiger partial charge in [-0.3, -0.25) is 0 Å². The first-order valence-electron chi connectivity index (χ1n) is 6.43. The van der Waals surface area contributed by atoms with E-state index in [1.165, 1.54) is 24.3 Å². The molecule has 3 nitrogen and oxygen atoms in total. The summed E-state index contributed by atoms with van der Waals surface area (Å²) in [6, 6.07) is 10.7. The lowest BCUT2D eigenvalue weighted by Gasteiger charge is -2.13. The summed E-state index contributed by atoms with van der Waals surface area (Å²) >= 11 is 11.2. The molecule has 0 saturated carbocycles. The van der Waals surface area contributed by atoms with Gasteiger partial charge in [-0.1, -0.05) is 17.7 Å². The summed E-state index contributed by atoms with van der Waals surface area (Å²) in [4.78, 5) is 0. The highest BCUT2D eigenvalue weighted by Gasteiger charge is 2.30. The van der Waals surface area contributed by atoms with E-state index in [0.717, 1.165) is 5.56 Å². The predicted octanol–water partition coefficient (Wildman–Crippen LogP) is 5.36. The van der Waals surface area contributed by atoms with Crippen molar-refractivity contribution in [1.29, 1.82) is 0 Å². The fourth-order valence-electron chi connectivity index (χ4n) is 1.75. The quantitative estimate of drug-likeness (QED) is 0.722. The molecule has 0 aliphatic carbocycles. The first-order valence-corrected chi connectivity index (χ1v) is 7.21. The van der Waals surface area contributed by atoms with E-state index in [1.807, 2.05) is 13.0 Å². The Morgan fingerprint density at radius 2 is 1.74 bits per heavy atom. The SMILES string of the molecule is Cc1ccc(NC(=S)Nc2ccc(OC(F)(F)F)cc2)c(Cl)c1. The van der Waals surface area contributed by atoms with Crippen molar-refractivity contribution in [1.82, 2.24) is 0 Å². The first-order chi connectivity index (χ1) is 10.7. The second-order valence-electron chi connectivity index (χ2n) is 4.63. The fourth-order valence-corrected chi connectivity index (χ4v) is 2.26. The summed E-state index contributed by atoms with van der Waals surface area (Å²) in [5, 5.41) is 6.54. The average molecular weight is 361 g/mol. The largest absolute Gasteiger partial charge is 0.573 e. The van der Waals surface area contributed by atoms with Gasteiger partial charge in [0, 0.05) is 5.69 Å². The van der Waals surface area contributed by atoms with Crippen LogP contribution in [-0.4, -0.2) is 11.5 Å². The molecule has 0 aliphatic rings. The van der Waals surface area contributed by atoms with E-state index in [-0.39, 0.29) is 10.9 Å². The minimum Gasteiger partial charge on any atom is -0.406 e. The summed E-state index contributed by atoms with van der Waals surface area (Å²) in [6.45, 7) is 1.91. The molecule has 122 valence electrons. The summed E-state index contributed by atoms with van der Waals surface area (Å²) < 4.78 is 40.0. The lowest BCUT2D eigenvalue weighted by Crippen LogP contribution is -2.19. The predicted molar refractivity (Wildman–Crippen MR) is 89.2 cm³/mol. The van der Waals surface area contributed by atoms with Gasteiger partial charge in [0.1, 0.15) is 5.75 Å². The van der Waals surface area contributed by atoms with Crippen LogP contribution in [0.2, 0.25) is 5.02 Å². The van der Waals surface area contributed by atoms with Crippen LogP contribution in [0.25, 0.3) is 0 Å². The molecule has 0 spiro atoms. The Hall–Kier alpha value is -1.99. The first kappa shape index (κ1) is 17.4. The van der Waals surface area contributed by atoms with Crippen molar-refractivity contribution in [2.45, 2.75) is 13.3 Å². The standard InChI is InChI=1S/C15H12ClF3N2OS/c1-9-2-7-13(12(16)8-9)21-14(23)20-10-3-5-11(6-4-10)22-15(17,18)19/h2-8H,1H3,(H2,20,21,23). The van der Waals surface area contributed by atoms with Gasteiger partial charge in [-0.15, -0.1) is 13.2 Å². The van der Waals surface area contributed by atoms with Crippen molar-refractivity contribution in [2.75, 3.05) is 10.6 Å². The van der Waals surface area contributed by atoms with E-state index < -0.39 is 6.36 Å². The van der Waals surface area contributed by atoms with Gasteiger partial charge < -0.3 is 15.4 Å². The smallest absolute Gasteiger partial charge is 0.406 e. The average Bonchev–Trinajstić information content (AvgIpc) is 2.42. The zero-order chi connectivity index (χ0) is 17.0. The van der Waals surface area contributed by atoms with Gasteiger partial charge >= 0.3 is 6.36 Å². The molecule has 0 heterocycles. The van der Waals surface area contributed by atoms with Crippen LogP contribution in [-0.2, 0) is 0 Å². The Balaban J connectivity index is 1.97. The van der Waals surface area contributed by atoms with Crippen molar-refractivity contribution < 1.29 is 17.9 Å². The molecule has 0 radical (unpaired) electrons. The van der Waals surface area contributed by atoms with Crippen molar-refractivity contribution >= 4 is 40.3 Å². The number of hydrogen-bond acceptors (Lipinski definition) is 2. The molecule has 0 aromatic heterocycles. The Morgan fingerprint density at radius 1 is 1.09 bits per heavy atom. The summed E-state index contributed by atoms with van der Waals surface area (Å²) in [7, 11) is 0. The van der Waals surface area contributed by atoms with E-state index in [1.54, 1.807) is 12.1 Å². The van der Waals surface area contributed by atoms with Gasteiger partial charge in [-0.05, 0) is 61.1 Å². The van der Waals surface area contributed by atoms with Gasteiger partial charge in [0.25, 0.3) is 0 Å². The van der Waals surface area contributed by atoms with Gasteiger partial charge in [0.15, 0.2) is 5.11 Å². The molecule has 2 aromatic rings. The number of nitrogens with one attached hydrogen (secondary N) is 2. The molecule has 0 aliphatic heterocycles. The van der Waals surface area contributed by atoms with Gasteiger partial charge in [0.05, 0.1) is 10.7 Å². The van der Waals surface area contributed by atoms with Crippen LogP contribution in [0, 0.1) is 6.92 Å². The Bertz CT molecular complexity index is 705. The number of aryl methyl sites for hydroxylation is 1. The third kappa shape index (κ3) is 5.61. The fraction of sp³-hybridized carbons (Fsp3) is 0.133. The zero-order valence-corrected chi connectivity index (χ0v) is 13.4. The third-order valence-corrected chi connectivity index (χ3v) is 3.24. The molecule has 2 aromatic carbocycles. The Labute approximate surface area is 141 Å². The van der Waals surface area contributed by atoms with Crippen LogP contribution in [0.3, 0.4) is 0 Å². The number of ether oxygens (including phenoxy) is 1. The monoisotopic (exact) mass is 360 g/mol. The number of rotatable bonds is 3. The van der Waals surface area contributed by atoms with Crippen LogP contribution < -0.4 is 15.4 Å². The molecule has 0 atom stereocenters. The topological polar surface area (TPSA) is 33.3 Å². The highest BCUT2D eigenvalue weighted by Crippen LogP contribution is 2.25. The molecule has 0 fully saturated rings. The lowest BCUT2D eigenvalue weighted by atomic mass is 10.2. The van der Waals surface area contributed by atoms with Crippen molar-refractivity contribution in [3.8, 4) is 5.75 Å². The van der Waals surface area contributed by atoms with Gasteiger partial charge in [-0.2, -0.15) is 0 Å².